The van der Waals surface area contributed by atoms with Crippen LogP contribution in [0.5, 0.6) is 0 Å². The number of ether oxygens (including phenoxy) is 1. The fourth-order valence-electron chi connectivity index (χ4n) is 2.01. The number of carboxylic acids is 1. The molecule has 1 rings (SSSR count). The van der Waals surface area contributed by atoms with Crippen molar-refractivity contribution in [3.8, 4) is 0 Å². The third-order valence-electron chi connectivity index (χ3n) is 3.22. The molecule has 1 heterocycles. The van der Waals surface area contributed by atoms with Gasteiger partial charge in [0.05, 0.1) is 6.10 Å². The van der Waals surface area contributed by atoms with Crippen LogP contribution in [0, 0.1) is 5.41 Å². The van der Waals surface area contributed by atoms with E-state index in [9.17, 15) is 18.0 Å². The van der Waals surface area contributed by atoms with Crippen molar-refractivity contribution in [1.29, 1.82) is 0 Å². The van der Waals surface area contributed by atoms with Gasteiger partial charge in [0.25, 0.3) is 0 Å². The Bertz CT molecular complexity index is 295. The van der Waals surface area contributed by atoms with Crippen molar-refractivity contribution < 1.29 is 27.8 Å². The number of likely N-dealkylation sites (tertiary alicyclic amines) is 1. The third kappa shape index (κ3) is 2.71. The van der Waals surface area contributed by atoms with Gasteiger partial charge in [-0.05, 0) is 19.9 Å². The highest BCUT2D eigenvalue weighted by Crippen LogP contribution is 2.45. The number of rotatable bonds is 4. The number of methoxy groups -OCH3 is 1. The van der Waals surface area contributed by atoms with E-state index in [0.717, 1.165) is 0 Å². The summed E-state index contributed by atoms with van der Waals surface area (Å²) in [4.78, 5) is 12.4. The lowest BCUT2D eigenvalue weighted by molar-refractivity contribution is -0.227. The maximum atomic E-state index is 12.8. The van der Waals surface area contributed by atoms with Crippen LogP contribution in [0.2, 0.25) is 0 Å². The van der Waals surface area contributed by atoms with E-state index in [2.05, 4.69) is 0 Å². The summed E-state index contributed by atoms with van der Waals surface area (Å²) in [5.41, 5.74) is -2.62. The first-order valence-corrected chi connectivity index (χ1v) is 5.28. The van der Waals surface area contributed by atoms with Gasteiger partial charge in [-0.15, -0.1) is 0 Å². The highest BCUT2D eigenvalue weighted by Gasteiger charge is 2.63. The summed E-state index contributed by atoms with van der Waals surface area (Å²) < 4.78 is 43.4. The van der Waals surface area contributed by atoms with E-state index in [4.69, 9.17) is 9.84 Å². The first-order valence-electron chi connectivity index (χ1n) is 5.28. The number of aliphatic carboxylic acids is 1. The summed E-state index contributed by atoms with van der Waals surface area (Å²) in [5, 5.41) is 8.83. The standard InChI is InChI=1S/C10H16F3NO3/c1-7(17-2)5-14-4-3-9(6-14,8(15)16)10(11,12)13/h7H,3-6H2,1-2H3,(H,15,16). The van der Waals surface area contributed by atoms with Gasteiger partial charge in [-0.3, -0.25) is 9.69 Å². The molecular formula is C10H16F3NO3. The lowest BCUT2D eigenvalue weighted by Crippen LogP contribution is -2.47. The molecule has 0 aliphatic carbocycles. The predicted octanol–water partition coefficient (Wildman–Crippen LogP) is 1.36. The van der Waals surface area contributed by atoms with Gasteiger partial charge < -0.3 is 9.84 Å². The third-order valence-corrected chi connectivity index (χ3v) is 3.22. The number of nitrogens with zero attached hydrogens (tertiary/aromatic N) is 1. The minimum atomic E-state index is -4.72. The van der Waals surface area contributed by atoms with Gasteiger partial charge in [0.15, 0.2) is 5.41 Å². The molecule has 0 bridgehead atoms. The van der Waals surface area contributed by atoms with E-state index in [-0.39, 0.29) is 12.6 Å². The minimum absolute atomic E-state index is 0.125. The normalized spacial score (nSPS) is 28.3. The maximum Gasteiger partial charge on any atom is 0.406 e. The van der Waals surface area contributed by atoms with Gasteiger partial charge in [0, 0.05) is 20.2 Å². The molecule has 0 aromatic carbocycles. The second-order valence-corrected chi connectivity index (χ2v) is 4.42. The summed E-state index contributed by atoms with van der Waals surface area (Å²) in [5.74, 6) is -1.79. The molecule has 7 heteroatoms. The van der Waals surface area contributed by atoms with Crippen molar-refractivity contribution in [2.75, 3.05) is 26.7 Å². The monoisotopic (exact) mass is 255 g/mol. The van der Waals surface area contributed by atoms with Crippen molar-refractivity contribution in [1.82, 2.24) is 4.90 Å². The van der Waals surface area contributed by atoms with Crippen molar-refractivity contribution in [2.24, 2.45) is 5.41 Å². The van der Waals surface area contributed by atoms with E-state index in [1.54, 1.807) is 6.92 Å². The molecule has 0 saturated carbocycles. The zero-order valence-corrected chi connectivity index (χ0v) is 9.75. The number of hydrogen-bond acceptors (Lipinski definition) is 3. The highest BCUT2D eigenvalue weighted by atomic mass is 19.4. The Morgan fingerprint density at radius 2 is 2.18 bits per heavy atom. The van der Waals surface area contributed by atoms with Crippen molar-refractivity contribution in [3.63, 3.8) is 0 Å². The van der Waals surface area contributed by atoms with E-state index in [0.29, 0.717) is 6.54 Å². The maximum absolute atomic E-state index is 12.8. The summed E-state index contributed by atoms with van der Waals surface area (Å²) in [6.07, 6.45) is -5.33. The number of carbonyl (C=O) groups is 1. The summed E-state index contributed by atoms with van der Waals surface area (Å²) in [6, 6.07) is 0. The van der Waals surface area contributed by atoms with Crippen LogP contribution in [0.15, 0.2) is 0 Å². The first kappa shape index (κ1) is 14.2. The molecule has 17 heavy (non-hydrogen) atoms. The van der Waals surface area contributed by atoms with E-state index in [1.807, 2.05) is 0 Å². The average Bonchev–Trinajstić information content (AvgIpc) is 2.62. The molecule has 1 fully saturated rings. The molecule has 0 aromatic heterocycles. The van der Waals surface area contributed by atoms with Crippen molar-refractivity contribution in [2.45, 2.75) is 25.6 Å². The molecule has 0 spiro atoms. The van der Waals surface area contributed by atoms with E-state index < -0.39 is 30.5 Å². The number of alkyl halides is 3. The Hall–Kier alpha value is -0.820. The van der Waals surface area contributed by atoms with Crippen molar-refractivity contribution >= 4 is 5.97 Å². The Labute approximate surface area is 97.3 Å². The molecule has 1 aliphatic heterocycles. The molecule has 4 nitrogen and oxygen atoms in total. The predicted molar refractivity (Wildman–Crippen MR) is 53.7 cm³/mol. The molecule has 1 aliphatic rings. The van der Waals surface area contributed by atoms with Crippen LogP contribution < -0.4 is 0 Å². The van der Waals surface area contributed by atoms with Crippen LogP contribution in [0.4, 0.5) is 13.2 Å². The van der Waals surface area contributed by atoms with Gasteiger partial charge in [-0.25, -0.2) is 0 Å². The SMILES string of the molecule is COC(C)CN1CCC(C(=O)O)(C(F)(F)F)C1. The van der Waals surface area contributed by atoms with Crippen LogP contribution in [-0.2, 0) is 9.53 Å². The Kier molecular flexibility index (Phi) is 4.03. The Morgan fingerprint density at radius 1 is 1.59 bits per heavy atom. The minimum Gasteiger partial charge on any atom is -0.481 e. The fraction of sp³-hybridized carbons (Fsp3) is 0.900. The highest BCUT2D eigenvalue weighted by molar-refractivity contribution is 5.76. The van der Waals surface area contributed by atoms with Crippen molar-refractivity contribution in [3.05, 3.63) is 0 Å². The molecule has 1 saturated heterocycles. The molecule has 0 radical (unpaired) electrons. The lowest BCUT2D eigenvalue weighted by atomic mass is 9.86. The zero-order chi connectivity index (χ0) is 13.3. The van der Waals surface area contributed by atoms with Crippen LogP contribution in [-0.4, -0.2) is 55.0 Å². The van der Waals surface area contributed by atoms with E-state index >= 15 is 0 Å². The van der Waals surface area contributed by atoms with Gasteiger partial charge in [0.2, 0.25) is 0 Å². The molecule has 0 amide bonds. The number of halogens is 3. The molecule has 2 atom stereocenters. The van der Waals surface area contributed by atoms with Gasteiger partial charge in [0.1, 0.15) is 0 Å². The molecule has 2 unspecified atom stereocenters. The van der Waals surface area contributed by atoms with E-state index in [1.165, 1.54) is 12.0 Å². The van der Waals surface area contributed by atoms with Crippen LogP contribution >= 0.6 is 0 Å². The smallest absolute Gasteiger partial charge is 0.406 e. The average molecular weight is 255 g/mol. The topological polar surface area (TPSA) is 49.8 Å². The largest absolute Gasteiger partial charge is 0.481 e. The summed E-state index contributed by atoms with van der Waals surface area (Å²) in [7, 11) is 1.47. The second kappa shape index (κ2) is 4.81. The quantitative estimate of drug-likeness (QED) is 0.824. The lowest BCUT2D eigenvalue weighted by Gasteiger charge is -2.28. The second-order valence-electron chi connectivity index (χ2n) is 4.42. The van der Waals surface area contributed by atoms with Crippen LogP contribution in [0.1, 0.15) is 13.3 Å². The number of carboxylic acid groups (broad SMARTS) is 1. The summed E-state index contributed by atoms with van der Waals surface area (Å²) in [6.45, 7) is 1.66. The molecule has 0 aromatic rings. The zero-order valence-electron chi connectivity index (χ0n) is 9.75. The fourth-order valence-corrected chi connectivity index (χ4v) is 2.01. The molecule has 100 valence electrons. The molecular weight excluding hydrogens is 239 g/mol. The van der Waals surface area contributed by atoms with Gasteiger partial charge in [-0.2, -0.15) is 13.2 Å². The Balaban J connectivity index is 2.77. The van der Waals surface area contributed by atoms with Gasteiger partial charge in [-0.1, -0.05) is 0 Å². The van der Waals surface area contributed by atoms with Crippen LogP contribution in [0.3, 0.4) is 0 Å². The van der Waals surface area contributed by atoms with Crippen LogP contribution in [0.25, 0.3) is 0 Å². The Morgan fingerprint density at radius 3 is 2.53 bits per heavy atom. The first-order chi connectivity index (χ1) is 7.73. The number of hydrogen-bond donors (Lipinski definition) is 1. The molecule has 1 N–H and O–H groups in total. The summed E-state index contributed by atoms with van der Waals surface area (Å²) >= 11 is 0. The van der Waals surface area contributed by atoms with Gasteiger partial charge >= 0.3 is 12.1 Å².